The van der Waals surface area contributed by atoms with Gasteiger partial charge in [0.2, 0.25) is 0 Å². The molecule has 0 saturated carbocycles. The van der Waals surface area contributed by atoms with E-state index in [4.69, 9.17) is 4.74 Å². The van der Waals surface area contributed by atoms with Crippen molar-refractivity contribution < 1.29 is 9.66 Å². The zero-order valence-electron chi connectivity index (χ0n) is 10.8. The molecule has 1 saturated heterocycles. The van der Waals surface area contributed by atoms with E-state index in [-0.39, 0.29) is 25.1 Å². The van der Waals surface area contributed by atoms with Crippen LogP contribution in [0.5, 0.6) is 0 Å². The number of nitro groups is 1. The number of non-ortho nitro benzene ring substituents is 1. The zero-order valence-corrected chi connectivity index (χ0v) is 12.5. The molecule has 1 fully saturated rings. The molecule has 104 valence electrons. The summed E-state index contributed by atoms with van der Waals surface area (Å²) in [6.07, 6.45) is 0. The first-order valence-corrected chi connectivity index (χ1v) is 8.13. The van der Waals surface area contributed by atoms with Crippen molar-refractivity contribution in [2.75, 3.05) is 31.2 Å². The molecule has 0 unspecified atom stereocenters. The van der Waals surface area contributed by atoms with Crippen LogP contribution in [0.2, 0.25) is 0 Å². The van der Waals surface area contributed by atoms with Crippen LogP contribution >= 0.6 is 0 Å². The second kappa shape index (κ2) is 5.79. The molecule has 3 rings (SSSR count). The second-order valence-corrected chi connectivity index (χ2v) is 6.77. The van der Waals surface area contributed by atoms with Crippen molar-refractivity contribution in [1.29, 1.82) is 0 Å². The molecule has 20 heavy (non-hydrogen) atoms. The van der Waals surface area contributed by atoms with Gasteiger partial charge >= 0.3 is 122 Å². The normalized spacial score (nSPS) is 15.3. The summed E-state index contributed by atoms with van der Waals surface area (Å²) in [6, 6.07) is 11.1. The molecule has 1 aliphatic heterocycles. The van der Waals surface area contributed by atoms with Crippen LogP contribution in [-0.2, 0) is 4.74 Å². The number of anilines is 1. The Hall–Kier alpha value is -1.62. The van der Waals surface area contributed by atoms with Crippen LogP contribution in [0.1, 0.15) is 0 Å². The molecule has 0 bridgehead atoms. The Morgan fingerprint density at radius 3 is 2.45 bits per heavy atom. The van der Waals surface area contributed by atoms with E-state index in [1.54, 1.807) is 12.1 Å². The van der Waals surface area contributed by atoms with Crippen molar-refractivity contribution in [3.63, 3.8) is 0 Å². The van der Waals surface area contributed by atoms with Gasteiger partial charge in [0.05, 0.1) is 0 Å². The predicted octanol–water partition coefficient (Wildman–Crippen LogP) is 2.16. The molecule has 0 spiro atoms. The van der Waals surface area contributed by atoms with E-state index in [0.717, 1.165) is 31.9 Å². The number of hydrogen-bond donors (Lipinski definition) is 0. The Labute approximate surface area is 122 Å². The first kappa shape index (κ1) is 13.4. The maximum absolute atomic E-state index is 10.7. The summed E-state index contributed by atoms with van der Waals surface area (Å²) in [6.45, 7) is 3.49. The van der Waals surface area contributed by atoms with Crippen LogP contribution in [-0.4, -0.2) is 45.7 Å². The van der Waals surface area contributed by atoms with Crippen molar-refractivity contribution in [3.8, 4) is 10.0 Å². The Morgan fingerprint density at radius 1 is 1.10 bits per heavy atom. The monoisotopic (exact) mass is 338 g/mol. The third-order valence-corrected chi connectivity index (χ3v) is 5.78. The van der Waals surface area contributed by atoms with Gasteiger partial charge in [0.25, 0.3) is 0 Å². The van der Waals surface area contributed by atoms with Gasteiger partial charge in [0.15, 0.2) is 0 Å². The molecule has 1 aliphatic rings. The standard InChI is InChI=1S/C14H14N2O3Se/c17-16(18)12-3-1-11(2-4-12)13-5-6-14(20-13)15-7-9-19-10-8-15/h1-6H,7-10H2. The fourth-order valence-corrected chi connectivity index (χ4v) is 4.41. The van der Waals surface area contributed by atoms with Gasteiger partial charge in [0, 0.05) is 0 Å². The molecular formula is C14H14N2O3Se. The average Bonchev–Trinajstić information content (AvgIpc) is 2.98. The zero-order chi connectivity index (χ0) is 13.9. The molecule has 1 aromatic heterocycles. The Balaban J connectivity index is 1.80. The molecule has 0 aliphatic carbocycles. The SMILES string of the molecule is O=[N+]([O-])c1ccc(-c2ccc(N3CCOCC3)[se]2)cc1. The third-order valence-electron chi connectivity index (χ3n) is 3.28. The molecule has 1 aromatic carbocycles. The minimum atomic E-state index is -0.366. The van der Waals surface area contributed by atoms with Crippen LogP contribution < -0.4 is 4.90 Å². The van der Waals surface area contributed by atoms with Gasteiger partial charge in [-0.1, -0.05) is 0 Å². The summed E-state index contributed by atoms with van der Waals surface area (Å²) in [7, 11) is 0. The minimum absolute atomic E-state index is 0.140. The summed E-state index contributed by atoms with van der Waals surface area (Å²) < 4.78 is 8.01. The van der Waals surface area contributed by atoms with Crippen LogP contribution in [0, 0.1) is 10.1 Å². The fraction of sp³-hybridized carbons (Fsp3) is 0.286. The Kier molecular flexibility index (Phi) is 3.87. The molecule has 0 N–H and O–H groups in total. The second-order valence-electron chi connectivity index (χ2n) is 4.54. The van der Waals surface area contributed by atoms with Crippen molar-refractivity contribution in [3.05, 3.63) is 46.5 Å². The molecule has 2 heterocycles. The van der Waals surface area contributed by atoms with Crippen LogP contribution in [0.3, 0.4) is 0 Å². The van der Waals surface area contributed by atoms with Gasteiger partial charge in [0.1, 0.15) is 0 Å². The maximum atomic E-state index is 10.7. The number of ether oxygens (including phenoxy) is 1. The quantitative estimate of drug-likeness (QED) is 0.489. The number of nitrogens with zero attached hydrogens (tertiary/aromatic N) is 2. The van der Waals surface area contributed by atoms with E-state index in [2.05, 4.69) is 17.0 Å². The number of benzene rings is 1. The van der Waals surface area contributed by atoms with Gasteiger partial charge in [-0.3, -0.25) is 0 Å². The van der Waals surface area contributed by atoms with E-state index in [0.29, 0.717) is 0 Å². The average molecular weight is 337 g/mol. The van der Waals surface area contributed by atoms with Crippen LogP contribution in [0.15, 0.2) is 36.4 Å². The van der Waals surface area contributed by atoms with E-state index in [9.17, 15) is 10.1 Å². The summed E-state index contributed by atoms with van der Waals surface area (Å²) >= 11 is 0.271. The molecule has 0 radical (unpaired) electrons. The molecule has 6 heteroatoms. The number of rotatable bonds is 3. The van der Waals surface area contributed by atoms with E-state index in [1.165, 1.54) is 9.00 Å². The summed E-state index contributed by atoms with van der Waals surface area (Å²) in [4.78, 5) is 12.7. The van der Waals surface area contributed by atoms with Gasteiger partial charge in [-0.25, -0.2) is 0 Å². The summed E-state index contributed by atoms with van der Waals surface area (Å²) in [5.41, 5.74) is 1.22. The Morgan fingerprint density at radius 2 is 1.80 bits per heavy atom. The van der Waals surface area contributed by atoms with Gasteiger partial charge < -0.3 is 0 Å². The van der Waals surface area contributed by atoms with E-state index >= 15 is 0 Å². The number of hydrogen-bond acceptors (Lipinski definition) is 4. The molecular weight excluding hydrogens is 323 g/mol. The third kappa shape index (κ3) is 2.77. The predicted molar refractivity (Wildman–Crippen MR) is 78.5 cm³/mol. The Bertz CT molecular complexity index is 603. The number of nitro benzene ring substituents is 1. The first-order chi connectivity index (χ1) is 9.74. The molecule has 0 atom stereocenters. The van der Waals surface area contributed by atoms with Crippen LogP contribution in [0.4, 0.5) is 10.2 Å². The number of morpholine rings is 1. The molecule has 2 aromatic rings. The van der Waals surface area contributed by atoms with Crippen molar-refractivity contribution in [1.82, 2.24) is 0 Å². The van der Waals surface area contributed by atoms with Crippen LogP contribution in [0.25, 0.3) is 10.0 Å². The molecule has 5 nitrogen and oxygen atoms in total. The van der Waals surface area contributed by atoms with Crippen molar-refractivity contribution in [2.45, 2.75) is 0 Å². The topological polar surface area (TPSA) is 55.6 Å². The fourth-order valence-electron chi connectivity index (χ4n) is 2.18. The summed E-state index contributed by atoms with van der Waals surface area (Å²) in [5.74, 6) is 0. The van der Waals surface area contributed by atoms with E-state index in [1.807, 2.05) is 12.1 Å². The van der Waals surface area contributed by atoms with E-state index < -0.39 is 0 Å². The first-order valence-electron chi connectivity index (χ1n) is 6.41. The summed E-state index contributed by atoms with van der Waals surface area (Å²) in [5, 5.41) is 10.7. The van der Waals surface area contributed by atoms with Crippen molar-refractivity contribution in [2.24, 2.45) is 0 Å². The van der Waals surface area contributed by atoms with Crippen molar-refractivity contribution >= 4 is 24.8 Å². The van der Waals surface area contributed by atoms with Gasteiger partial charge in [-0.15, -0.1) is 0 Å². The van der Waals surface area contributed by atoms with Gasteiger partial charge in [-0.05, 0) is 0 Å². The molecule has 0 amide bonds. The van der Waals surface area contributed by atoms with Gasteiger partial charge in [-0.2, -0.15) is 0 Å².